The SMILES string of the molecule is Cc1cnccc1CNc1nccn(C(C)(C)C)c1=O. The predicted molar refractivity (Wildman–Crippen MR) is 79.8 cm³/mol. The molecule has 2 heterocycles. The fourth-order valence-electron chi connectivity index (χ4n) is 1.94. The Morgan fingerprint density at radius 1 is 1.30 bits per heavy atom. The summed E-state index contributed by atoms with van der Waals surface area (Å²) in [5.74, 6) is 0.374. The Bertz CT molecular complexity index is 655. The van der Waals surface area contributed by atoms with Crippen LogP contribution in [0.3, 0.4) is 0 Å². The van der Waals surface area contributed by atoms with Crippen molar-refractivity contribution in [2.75, 3.05) is 5.32 Å². The lowest BCUT2D eigenvalue weighted by molar-refractivity contribution is 0.383. The van der Waals surface area contributed by atoms with Crippen molar-refractivity contribution in [3.8, 4) is 0 Å². The highest BCUT2D eigenvalue weighted by atomic mass is 16.1. The molecule has 2 aromatic heterocycles. The van der Waals surface area contributed by atoms with Crippen LogP contribution >= 0.6 is 0 Å². The van der Waals surface area contributed by atoms with E-state index < -0.39 is 0 Å². The lowest BCUT2D eigenvalue weighted by atomic mass is 10.1. The van der Waals surface area contributed by atoms with Gasteiger partial charge < -0.3 is 9.88 Å². The van der Waals surface area contributed by atoms with Crippen LogP contribution in [0.25, 0.3) is 0 Å². The molecule has 5 heteroatoms. The number of aryl methyl sites for hydroxylation is 1. The molecule has 0 saturated carbocycles. The van der Waals surface area contributed by atoms with Gasteiger partial charge in [-0.3, -0.25) is 9.78 Å². The highest BCUT2D eigenvalue weighted by molar-refractivity contribution is 5.34. The number of rotatable bonds is 3. The smallest absolute Gasteiger partial charge is 0.293 e. The third-order valence-corrected chi connectivity index (χ3v) is 3.15. The Kier molecular flexibility index (Phi) is 3.88. The van der Waals surface area contributed by atoms with Crippen molar-refractivity contribution in [3.63, 3.8) is 0 Å². The molecular weight excluding hydrogens is 252 g/mol. The summed E-state index contributed by atoms with van der Waals surface area (Å²) in [5, 5.41) is 3.11. The van der Waals surface area contributed by atoms with Crippen LogP contribution in [0.4, 0.5) is 5.82 Å². The molecule has 0 bridgehead atoms. The zero-order chi connectivity index (χ0) is 14.8. The second-order valence-electron chi connectivity index (χ2n) is 5.78. The van der Waals surface area contributed by atoms with Crippen LogP contribution < -0.4 is 10.9 Å². The molecule has 0 aliphatic carbocycles. The zero-order valence-electron chi connectivity index (χ0n) is 12.3. The Balaban J connectivity index is 2.23. The molecule has 2 rings (SSSR count). The van der Waals surface area contributed by atoms with E-state index in [1.807, 2.05) is 40.0 Å². The lowest BCUT2D eigenvalue weighted by Crippen LogP contribution is -2.35. The number of nitrogens with zero attached hydrogens (tertiary/aromatic N) is 3. The molecule has 2 aromatic rings. The molecular formula is C15H20N4O. The van der Waals surface area contributed by atoms with Crippen molar-refractivity contribution in [1.82, 2.24) is 14.5 Å². The van der Waals surface area contributed by atoms with E-state index in [0.29, 0.717) is 12.4 Å². The van der Waals surface area contributed by atoms with Crippen LogP contribution in [0.2, 0.25) is 0 Å². The number of hydrogen-bond donors (Lipinski definition) is 1. The maximum absolute atomic E-state index is 12.3. The van der Waals surface area contributed by atoms with Crippen LogP contribution in [-0.4, -0.2) is 14.5 Å². The van der Waals surface area contributed by atoms with Gasteiger partial charge >= 0.3 is 0 Å². The van der Waals surface area contributed by atoms with E-state index in [1.54, 1.807) is 23.2 Å². The Hall–Kier alpha value is -2.17. The first-order chi connectivity index (χ1) is 9.39. The van der Waals surface area contributed by atoms with Gasteiger partial charge in [0.25, 0.3) is 5.56 Å². The first kappa shape index (κ1) is 14.2. The van der Waals surface area contributed by atoms with Crippen LogP contribution in [0, 0.1) is 6.92 Å². The van der Waals surface area contributed by atoms with Crippen molar-refractivity contribution in [2.45, 2.75) is 39.8 Å². The molecule has 0 aliphatic rings. The minimum atomic E-state index is -0.261. The molecule has 1 N–H and O–H groups in total. The average Bonchev–Trinajstić information content (AvgIpc) is 2.38. The van der Waals surface area contributed by atoms with Gasteiger partial charge in [-0.15, -0.1) is 0 Å². The molecule has 0 aliphatic heterocycles. The van der Waals surface area contributed by atoms with Gasteiger partial charge in [0.15, 0.2) is 5.82 Å². The van der Waals surface area contributed by atoms with Crippen molar-refractivity contribution in [2.24, 2.45) is 0 Å². The second kappa shape index (κ2) is 5.45. The molecule has 0 spiro atoms. The molecule has 5 nitrogen and oxygen atoms in total. The van der Waals surface area contributed by atoms with Gasteiger partial charge in [-0.05, 0) is 44.9 Å². The fraction of sp³-hybridized carbons (Fsp3) is 0.400. The van der Waals surface area contributed by atoms with Crippen molar-refractivity contribution >= 4 is 5.82 Å². The summed E-state index contributed by atoms with van der Waals surface area (Å²) < 4.78 is 1.68. The summed E-state index contributed by atoms with van der Waals surface area (Å²) in [6, 6.07) is 1.94. The summed E-state index contributed by atoms with van der Waals surface area (Å²) >= 11 is 0. The van der Waals surface area contributed by atoms with E-state index in [4.69, 9.17) is 0 Å². The fourth-order valence-corrected chi connectivity index (χ4v) is 1.94. The molecule has 0 fully saturated rings. The minimum Gasteiger partial charge on any atom is -0.361 e. The standard InChI is InChI=1S/C15H20N4O/c1-11-9-16-6-5-12(11)10-18-13-14(20)19(8-7-17-13)15(2,3)4/h5-9H,10H2,1-4H3,(H,17,18). The highest BCUT2D eigenvalue weighted by Gasteiger charge is 2.16. The predicted octanol–water partition coefficient (Wildman–Crippen LogP) is 2.31. The molecule has 0 aromatic carbocycles. The molecule has 0 amide bonds. The number of aromatic nitrogens is 3. The highest BCUT2D eigenvalue weighted by Crippen LogP contribution is 2.11. The molecule has 20 heavy (non-hydrogen) atoms. The van der Waals surface area contributed by atoms with Gasteiger partial charge in [-0.1, -0.05) is 0 Å². The number of nitrogens with one attached hydrogen (secondary N) is 1. The van der Waals surface area contributed by atoms with E-state index >= 15 is 0 Å². The van der Waals surface area contributed by atoms with Gasteiger partial charge in [0.1, 0.15) is 0 Å². The van der Waals surface area contributed by atoms with Gasteiger partial charge in [0.05, 0.1) is 0 Å². The normalized spacial score (nSPS) is 11.4. The van der Waals surface area contributed by atoms with E-state index in [0.717, 1.165) is 11.1 Å². The topological polar surface area (TPSA) is 59.8 Å². The first-order valence-corrected chi connectivity index (χ1v) is 6.61. The quantitative estimate of drug-likeness (QED) is 0.931. The number of pyridine rings is 1. The van der Waals surface area contributed by atoms with Gasteiger partial charge in [0, 0.05) is 36.9 Å². The van der Waals surface area contributed by atoms with Gasteiger partial charge in [0.2, 0.25) is 0 Å². The summed E-state index contributed by atoms with van der Waals surface area (Å²) in [6.07, 6.45) is 6.92. The third-order valence-electron chi connectivity index (χ3n) is 3.15. The molecule has 0 radical (unpaired) electrons. The molecule has 0 atom stereocenters. The van der Waals surface area contributed by atoms with Crippen molar-refractivity contribution < 1.29 is 0 Å². The van der Waals surface area contributed by atoms with E-state index in [-0.39, 0.29) is 11.1 Å². The van der Waals surface area contributed by atoms with Crippen LogP contribution in [0.5, 0.6) is 0 Å². The van der Waals surface area contributed by atoms with Gasteiger partial charge in [-0.2, -0.15) is 0 Å². The van der Waals surface area contributed by atoms with E-state index in [9.17, 15) is 4.79 Å². The maximum atomic E-state index is 12.3. The average molecular weight is 272 g/mol. The second-order valence-corrected chi connectivity index (χ2v) is 5.78. The number of hydrogen-bond acceptors (Lipinski definition) is 4. The maximum Gasteiger partial charge on any atom is 0.293 e. The van der Waals surface area contributed by atoms with Crippen molar-refractivity contribution in [1.29, 1.82) is 0 Å². The summed E-state index contributed by atoms with van der Waals surface area (Å²) in [7, 11) is 0. The van der Waals surface area contributed by atoms with Gasteiger partial charge in [-0.25, -0.2) is 4.98 Å². The molecule has 0 saturated heterocycles. The Morgan fingerprint density at radius 2 is 2.05 bits per heavy atom. The molecule has 106 valence electrons. The first-order valence-electron chi connectivity index (χ1n) is 6.61. The summed E-state index contributed by atoms with van der Waals surface area (Å²) in [4.78, 5) is 20.5. The van der Waals surface area contributed by atoms with Crippen LogP contribution in [0.1, 0.15) is 31.9 Å². The zero-order valence-corrected chi connectivity index (χ0v) is 12.3. The summed E-state index contributed by atoms with van der Waals surface area (Å²) in [5.41, 5.74) is 1.83. The lowest BCUT2D eigenvalue weighted by Gasteiger charge is -2.22. The van der Waals surface area contributed by atoms with Crippen molar-refractivity contribution in [3.05, 3.63) is 52.3 Å². The van der Waals surface area contributed by atoms with Crippen LogP contribution in [-0.2, 0) is 12.1 Å². The Morgan fingerprint density at radius 3 is 2.70 bits per heavy atom. The van der Waals surface area contributed by atoms with E-state index in [2.05, 4.69) is 15.3 Å². The van der Waals surface area contributed by atoms with Crippen LogP contribution in [0.15, 0.2) is 35.6 Å². The Labute approximate surface area is 118 Å². The minimum absolute atomic E-state index is 0.105. The summed E-state index contributed by atoms with van der Waals surface area (Å²) in [6.45, 7) is 8.53. The third kappa shape index (κ3) is 3.04. The molecule has 0 unspecified atom stereocenters. The number of anilines is 1. The largest absolute Gasteiger partial charge is 0.361 e. The monoisotopic (exact) mass is 272 g/mol. The van der Waals surface area contributed by atoms with E-state index in [1.165, 1.54) is 0 Å².